The number of hydrogen-bond acceptors (Lipinski definition) is 5. The van der Waals surface area contributed by atoms with Crippen molar-refractivity contribution in [2.45, 2.75) is 20.4 Å². The third-order valence-corrected chi connectivity index (χ3v) is 6.66. The second kappa shape index (κ2) is 9.42. The molecule has 34 heavy (non-hydrogen) atoms. The lowest BCUT2D eigenvalue weighted by molar-refractivity contribution is 0.340. The predicted octanol–water partition coefficient (Wildman–Crippen LogP) is 7.31. The summed E-state index contributed by atoms with van der Waals surface area (Å²) >= 11 is 1.46. The van der Waals surface area contributed by atoms with E-state index in [1.54, 1.807) is 6.20 Å². The first-order valence-electron chi connectivity index (χ1n) is 11.3. The largest absolute Gasteiger partial charge is 0.494 e. The van der Waals surface area contributed by atoms with Crippen molar-refractivity contribution in [3.05, 3.63) is 83.3 Å². The van der Waals surface area contributed by atoms with Crippen LogP contribution >= 0.6 is 11.3 Å². The number of thiazole rings is 1. The van der Waals surface area contributed by atoms with Gasteiger partial charge in [0.2, 0.25) is 0 Å². The van der Waals surface area contributed by atoms with E-state index in [-0.39, 0.29) is 0 Å². The molecule has 0 bridgehead atoms. The second-order valence-electron chi connectivity index (χ2n) is 7.80. The quantitative estimate of drug-likeness (QED) is 0.256. The van der Waals surface area contributed by atoms with Gasteiger partial charge in [-0.2, -0.15) is 5.26 Å². The summed E-state index contributed by atoms with van der Waals surface area (Å²) in [5, 5.41) is 18.2. The van der Waals surface area contributed by atoms with Crippen LogP contribution in [-0.4, -0.2) is 16.2 Å². The number of aromatic nitrogens is 2. The minimum absolute atomic E-state index is 0.498. The van der Waals surface area contributed by atoms with Crippen LogP contribution < -0.4 is 10.1 Å². The smallest absolute Gasteiger partial charge is 0.136 e. The third-order valence-electron chi connectivity index (χ3n) is 5.79. The highest BCUT2D eigenvalue weighted by Crippen LogP contribution is 2.32. The molecule has 0 amide bonds. The van der Waals surface area contributed by atoms with Gasteiger partial charge in [-0.25, -0.2) is 4.98 Å². The van der Waals surface area contributed by atoms with Crippen LogP contribution in [0.3, 0.4) is 0 Å². The van der Waals surface area contributed by atoms with Crippen LogP contribution in [0, 0.1) is 11.3 Å². The Kier molecular flexibility index (Phi) is 6.03. The lowest BCUT2D eigenvalue weighted by atomic mass is 10.1. The first-order chi connectivity index (χ1) is 16.7. The van der Waals surface area contributed by atoms with Crippen LogP contribution in [0.25, 0.3) is 38.6 Å². The first-order valence-corrected chi connectivity index (χ1v) is 12.2. The highest BCUT2D eigenvalue weighted by molar-refractivity contribution is 7.11. The van der Waals surface area contributed by atoms with E-state index in [2.05, 4.69) is 64.3 Å². The second-order valence-corrected chi connectivity index (χ2v) is 8.66. The summed E-state index contributed by atoms with van der Waals surface area (Å²) in [5.74, 6) is 0.836. The molecular weight excluding hydrogens is 440 g/mol. The number of benzene rings is 3. The van der Waals surface area contributed by atoms with Crippen LogP contribution in [0.2, 0.25) is 0 Å². The molecule has 0 radical (unpaired) electrons. The van der Waals surface area contributed by atoms with E-state index in [1.807, 2.05) is 42.6 Å². The molecule has 0 saturated heterocycles. The minimum Gasteiger partial charge on any atom is -0.494 e. The fourth-order valence-corrected chi connectivity index (χ4v) is 4.99. The van der Waals surface area contributed by atoms with Gasteiger partial charge in [0, 0.05) is 51.2 Å². The average molecular weight is 465 g/mol. The molecule has 0 saturated carbocycles. The maximum Gasteiger partial charge on any atom is 0.136 e. The summed E-state index contributed by atoms with van der Waals surface area (Å²) in [6.07, 6.45) is 1.74. The fraction of sp³-hybridized carbons (Fsp3) is 0.143. The average Bonchev–Trinajstić information content (AvgIpc) is 3.48. The van der Waals surface area contributed by atoms with Crippen LogP contribution in [0.1, 0.15) is 18.9 Å². The molecule has 0 aliphatic rings. The number of ether oxygens (including phenoxy) is 1. The molecule has 0 atom stereocenters. The van der Waals surface area contributed by atoms with E-state index in [1.165, 1.54) is 33.1 Å². The van der Waals surface area contributed by atoms with Gasteiger partial charge in [0.25, 0.3) is 0 Å². The number of allylic oxidation sites excluding steroid dienone is 1. The molecule has 1 N–H and O–H groups in total. The SMILES string of the molecule is CCOc1ccc(-c2csc(C(C#N)=CNc3ccc4c(c3)c3ccccc3n4CC)n2)cc1. The van der Waals surface area contributed by atoms with Crippen molar-refractivity contribution in [3.63, 3.8) is 0 Å². The molecule has 3 aromatic carbocycles. The number of aryl methyl sites for hydroxylation is 1. The van der Waals surface area contributed by atoms with E-state index in [0.29, 0.717) is 17.2 Å². The zero-order valence-corrected chi connectivity index (χ0v) is 19.9. The van der Waals surface area contributed by atoms with Crippen molar-refractivity contribution in [2.24, 2.45) is 0 Å². The Morgan fingerprint density at radius 2 is 1.85 bits per heavy atom. The van der Waals surface area contributed by atoms with Gasteiger partial charge >= 0.3 is 0 Å². The number of nitrogens with zero attached hydrogens (tertiary/aromatic N) is 3. The lowest BCUT2D eigenvalue weighted by Crippen LogP contribution is -1.94. The Morgan fingerprint density at radius 1 is 1.06 bits per heavy atom. The number of nitrogens with one attached hydrogen (secondary N) is 1. The van der Waals surface area contributed by atoms with Gasteiger partial charge in [0.15, 0.2) is 0 Å². The van der Waals surface area contributed by atoms with Crippen LogP contribution in [0.5, 0.6) is 5.75 Å². The van der Waals surface area contributed by atoms with Crippen molar-refractivity contribution in [1.29, 1.82) is 5.26 Å². The third kappa shape index (κ3) is 4.02. The summed E-state index contributed by atoms with van der Waals surface area (Å²) in [4.78, 5) is 4.69. The Labute approximate surface area is 202 Å². The summed E-state index contributed by atoms with van der Waals surface area (Å²) in [6.45, 7) is 5.68. The molecular formula is C28H24N4OS. The van der Waals surface area contributed by atoms with Crippen molar-refractivity contribution < 1.29 is 4.74 Å². The summed E-state index contributed by atoms with van der Waals surface area (Å²) in [7, 11) is 0. The normalized spacial score (nSPS) is 11.6. The molecule has 0 unspecified atom stereocenters. The Balaban J connectivity index is 1.41. The monoisotopic (exact) mass is 464 g/mol. The lowest BCUT2D eigenvalue weighted by Gasteiger charge is -2.05. The van der Waals surface area contributed by atoms with Gasteiger partial charge in [0.1, 0.15) is 22.4 Å². The summed E-state index contributed by atoms with van der Waals surface area (Å²) in [5.41, 5.74) is 5.71. The molecule has 168 valence electrons. The number of anilines is 1. The van der Waals surface area contributed by atoms with Gasteiger partial charge in [0.05, 0.1) is 12.3 Å². The number of fused-ring (bicyclic) bond motifs is 3. The van der Waals surface area contributed by atoms with Crippen LogP contribution in [0.15, 0.2) is 78.3 Å². The molecule has 5 rings (SSSR count). The standard InChI is InChI=1S/C28H24N4OS/c1-3-32-26-8-6-5-7-23(26)24-15-21(11-14-27(24)32)30-17-20(16-29)28-31-25(18-34-28)19-9-12-22(13-10-19)33-4-2/h5-15,17-18,30H,3-4H2,1-2H3. The number of para-hydroxylation sites is 1. The maximum absolute atomic E-state index is 9.77. The van der Waals surface area contributed by atoms with E-state index in [9.17, 15) is 5.26 Å². The predicted molar refractivity (Wildman–Crippen MR) is 141 cm³/mol. The number of hydrogen-bond donors (Lipinski definition) is 1. The Hall–Kier alpha value is -4.08. The van der Waals surface area contributed by atoms with Crippen LogP contribution in [0.4, 0.5) is 5.69 Å². The van der Waals surface area contributed by atoms with Crippen molar-refractivity contribution in [2.75, 3.05) is 11.9 Å². The van der Waals surface area contributed by atoms with Crippen molar-refractivity contribution in [3.8, 4) is 23.1 Å². The fourth-order valence-electron chi connectivity index (χ4n) is 4.20. The molecule has 0 spiro atoms. The van der Waals surface area contributed by atoms with Crippen LogP contribution in [-0.2, 0) is 6.54 Å². The first kappa shape index (κ1) is 21.7. The Morgan fingerprint density at radius 3 is 2.62 bits per heavy atom. The highest BCUT2D eigenvalue weighted by atomic mass is 32.1. The molecule has 0 aliphatic carbocycles. The molecule has 2 aromatic heterocycles. The van der Waals surface area contributed by atoms with E-state index < -0.39 is 0 Å². The topological polar surface area (TPSA) is 62.9 Å². The molecule has 0 aliphatic heterocycles. The van der Waals surface area contributed by atoms with E-state index in [4.69, 9.17) is 4.74 Å². The van der Waals surface area contributed by atoms with Crippen molar-refractivity contribution >= 4 is 44.4 Å². The van der Waals surface area contributed by atoms with E-state index >= 15 is 0 Å². The van der Waals surface area contributed by atoms with Gasteiger partial charge < -0.3 is 14.6 Å². The number of nitriles is 1. The zero-order valence-electron chi connectivity index (χ0n) is 19.1. The van der Waals surface area contributed by atoms with Gasteiger partial charge in [-0.3, -0.25) is 0 Å². The molecule has 5 nitrogen and oxygen atoms in total. The molecule has 2 heterocycles. The number of rotatable bonds is 7. The summed E-state index contributed by atoms with van der Waals surface area (Å²) in [6, 6.07) is 24.9. The maximum atomic E-state index is 9.77. The molecule has 6 heteroatoms. The molecule has 0 fully saturated rings. The Bertz CT molecular complexity index is 1540. The van der Waals surface area contributed by atoms with Gasteiger partial charge in [-0.1, -0.05) is 18.2 Å². The van der Waals surface area contributed by atoms with Gasteiger partial charge in [-0.15, -0.1) is 11.3 Å². The summed E-state index contributed by atoms with van der Waals surface area (Å²) < 4.78 is 7.83. The van der Waals surface area contributed by atoms with Crippen molar-refractivity contribution in [1.82, 2.24) is 9.55 Å². The zero-order chi connectivity index (χ0) is 23.5. The van der Waals surface area contributed by atoms with E-state index in [0.717, 1.165) is 29.2 Å². The highest BCUT2D eigenvalue weighted by Gasteiger charge is 2.11. The molecule has 5 aromatic rings. The van der Waals surface area contributed by atoms with Gasteiger partial charge in [-0.05, 0) is 62.4 Å². The minimum atomic E-state index is 0.498.